The van der Waals surface area contributed by atoms with Crippen LogP contribution in [0.25, 0.3) is 21.9 Å². The molecule has 0 fully saturated rings. The molecule has 0 aliphatic rings. The van der Waals surface area contributed by atoms with Crippen LogP contribution < -0.4 is 5.73 Å². The Morgan fingerprint density at radius 3 is 2.06 bits per heavy atom. The molecule has 0 unspecified atom stereocenters. The van der Waals surface area contributed by atoms with E-state index in [-0.39, 0.29) is 0 Å². The molecule has 2 N–H and O–H groups in total. The highest BCUT2D eigenvalue weighted by molar-refractivity contribution is 6.30. The molecule has 0 saturated heterocycles. The Hall–Kier alpha value is -1.99. The van der Waals surface area contributed by atoms with Gasteiger partial charge in [0.15, 0.2) is 0 Å². The van der Waals surface area contributed by atoms with Crippen LogP contribution in [0.4, 0.5) is 5.69 Å². The van der Waals surface area contributed by atoms with Crippen LogP contribution in [0, 0.1) is 0 Å². The lowest BCUT2D eigenvalue weighted by atomic mass is 10.0. The first-order valence-electron chi connectivity index (χ1n) is 5.78. The Bertz CT molecular complexity index is 702. The summed E-state index contributed by atoms with van der Waals surface area (Å²) in [6.45, 7) is 0. The van der Waals surface area contributed by atoms with E-state index in [1.165, 1.54) is 10.9 Å². The third-order valence-corrected chi connectivity index (χ3v) is 3.29. The van der Waals surface area contributed by atoms with E-state index >= 15 is 0 Å². The Kier molecular flexibility index (Phi) is 2.69. The van der Waals surface area contributed by atoms with E-state index in [0.29, 0.717) is 0 Å². The van der Waals surface area contributed by atoms with Gasteiger partial charge in [-0.05, 0) is 52.2 Å². The molecule has 18 heavy (non-hydrogen) atoms. The van der Waals surface area contributed by atoms with Gasteiger partial charge in [0.2, 0.25) is 0 Å². The highest BCUT2D eigenvalue weighted by Gasteiger charge is 2.00. The maximum Gasteiger partial charge on any atom is 0.0406 e. The van der Waals surface area contributed by atoms with Gasteiger partial charge in [-0.3, -0.25) is 0 Å². The van der Waals surface area contributed by atoms with Gasteiger partial charge in [0.1, 0.15) is 0 Å². The van der Waals surface area contributed by atoms with Crippen molar-refractivity contribution in [2.45, 2.75) is 0 Å². The third-order valence-electron chi connectivity index (χ3n) is 3.04. The maximum absolute atomic E-state index is 5.90. The zero-order valence-corrected chi connectivity index (χ0v) is 10.5. The van der Waals surface area contributed by atoms with Crippen LogP contribution >= 0.6 is 11.6 Å². The van der Waals surface area contributed by atoms with Gasteiger partial charge >= 0.3 is 0 Å². The van der Waals surface area contributed by atoms with Crippen molar-refractivity contribution in [1.82, 2.24) is 0 Å². The molecule has 0 heterocycles. The fraction of sp³-hybridized carbons (Fsp3) is 0. The molecule has 0 amide bonds. The lowest BCUT2D eigenvalue weighted by molar-refractivity contribution is 1.64. The number of halogens is 1. The molecule has 0 spiro atoms. The number of anilines is 1. The van der Waals surface area contributed by atoms with E-state index in [9.17, 15) is 0 Å². The minimum absolute atomic E-state index is 0.757. The van der Waals surface area contributed by atoms with Gasteiger partial charge in [-0.25, -0.2) is 0 Å². The molecule has 0 radical (unpaired) electrons. The molecule has 0 bridgehead atoms. The number of nitrogens with two attached hydrogens (primary N) is 1. The molecule has 0 atom stereocenters. The summed E-state index contributed by atoms with van der Waals surface area (Å²) in [4.78, 5) is 0. The summed E-state index contributed by atoms with van der Waals surface area (Å²) < 4.78 is 0. The SMILES string of the molecule is Nc1ccc2cc(-c3ccc(Cl)cc3)ccc2c1. The van der Waals surface area contributed by atoms with Crippen LogP contribution in [0.1, 0.15) is 0 Å². The summed E-state index contributed by atoms with van der Waals surface area (Å²) in [5, 5.41) is 3.11. The molecule has 88 valence electrons. The van der Waals surface area contributed by atoms with Gasteiger partial charge in [0, 0.05) is 10.7 Å². The first kappa shape index (κ1) is 11.1. The molecule has 3 aromatic carbocycles. The number of nitrogen functional groups attached to an aromatic ring is 1. The van der Waals surface area contributed by atoms with Crippen LogP contribution in [0.2, 0.25) is 5.02 Å². The number of hydrogen-bond donors (Lipinski definition) is 1. The van der Waals surface area contributed by atoms with Gasteiger partial charge in [0.05, 0.1) is 0 Å². The van der Waals surface area contributed by atoms with Crippen molar-refractivity contribution in [2.75, 3.05) is 5.73 Å². The van der Waals surface area contributed by atoms with Crippen LogP contribution in [-0.4, -0.2) is 0 Å². The number of rotatable bonds is 1. The molecule has 3 rings (SSSR count). The molecular weight excluding hydrogens is 242 g/mol. The average Bonchev–Trinajstić information content (AvgIpc) is 2.39. The minimum Gasteiger partial charge on any atom is -0.399 e. The Morgan fingerprint density at radius 2 is 1.28 bits per heavy atom. The van der Waals surface area contributed by atoms with E-state index < -0.39 is 0 Å². The van der Waals surface area contributed by atoms with Crippen LogP contribution in [0.3, 0.4) is 0 Å². The predicted molar refractivity (Wildman–Crippen MR) is 78.8 cm³/mol. The van der Waals surface area contributed by atoms with E-state index in [0.717, 1.165) is 21.7 Å². The second-order valence-corrected chi connectivity index (χ2v) is 4.76. The topological polar surface area (TPSA) is 26.0 Å². The van der Waals surface area contributed by atoms with Crippen molar-refractivity contribution >= 4 is 28.1 Å². The largest absolute Gasteiger partial charge is 0.399 e. The van der Waals surface area contributed by atoms with Crippen molar-refractivity contribution in [3.8, 4) is 11.1 Å². The Balaban J connectivity index is 2.13. The van der Waals surface area contributed by atoms with Crippen molar-refractivity contribution in [1.29, 1.82) is 0 Å². The first-order chi connectivity index (χ1) is 8.72. The molecule has 0 saturated carbocycles. The van der Waals surface area contributed by atoms with Crippen LogP contribution in [0.15, 0.2) is 60.7 Å². The number of benzene rings is 3. The molecule has 3 aromatic rings. The molecule has 0 aliphatic carbocycles. The fourth-order valence-corrected chi connectivity index (χ4v) is 2.21. The van der Waals surface area contributed by atoms with Crippen molar-refractivity contribution in [2.24, 2.45) is 0 Å². The van der Waals surface area contributed by atoms with E-state index in [1.807, 2.05) is 42.5 Å². The van der Waals surface area contributed by atoms with Gasteiger partial charge in [-0.2, -0.15) is 0 Å². The highest BCUT2D eigenvalue weighted by atomic mass is 35.5. The van der Waals surface area contributed by atoms with E-state index in [1.54, 1.807) is 0 Å². The highest BCUT2D eigenvalue weighted by Crippen LogP contribution is 2.26. The minimum atomic E-state index is 0.757. The van der Waals surface area contributed by atoms with E-state index in [4.69, 9.17) is 17.3 Å². The van der Waals surface area contributed by atoms with Crippen molar-refractivity contribution < 1.29 is 0 Å². The van der Waals surface area contributed by atoms with Gasteiger partial charge < -0.3 is 5.73 Å². The molecule has 1 nitrogen and oxygen atoms in total. The second-order valence-electron chi connectivity index (χ2n) is 4.33. The average molecular weight is 254 g/mol. The standard InChI is InChI=1S/C16H12ClN/c17-15-6-3-11(4-7-15)12-1-2-14-10-16(18)8-5-13(14)9-12/h1-10H,18H2. The summed E-state index contributed by atoms with van der Waals surface area (Å²) >= 11 is 5.90. The summed E-state index contributed by atoms with van der Waals surface area (Å²) in [5.41, 5.74) is 8.92. The van der Waals surface area contributed by atoms with Crippen LogP contribution in [0.5, 0.6) is 0 Å². The second kappa shape index (κ2) is 4.35. The summed E-state index contributed by atoms with van der Waals surface area (Å²) in [6.07, 6.45) is 0. The normalized spacial score (nSPS) is 10.7. The summed E-state index contributed by atoms with van der Waals surface area (Å²) in [6, 6.07) is 20.2. The number of hydrogen-bond acceptors (Lipinski definition) is 1. The summed E-state index contributed by atoms with van der Waals surface area (Å²) in [5.74, 6) is 0. The zero-order chi connectivity index (χ0) is 12.5. The molecule has 2 heteroatoms. The maximum atomic E-state index is 5.90. The van der Waals surface area contributed by atoms with Gasteiger partial charge in [-0.15, -0.1) is 0 Å². The van der Waals surface area contributed by atoms with Gasteiger partial charge in [-0.1, -0.05) is 41.9 Å². The molecule has 0 aliphatic heterocycles. The third kappa shape index (κ3) is 2.05. The quantitative estimate of drug-likeness (QED) is 0.623. The van der Waals surface area contributed by atoms with Gasteiger partial charge in [0.25, 0.3) is 0 Å². The van der Waals surface area contributed by atoms with Crippen molar-refractivity contribution in [3.05, 3.63) is 65.7 Å². The molecule has 0 aromatic heterocycles. The predicted octanol–water partition coefficient (Wildman–Crippen LogP) is 4.74. The van der Waals surface area contributed by atoms with E-state index in [2.05, 4.69) is 18.2 Å². The lowest BCUT2D eigenvalue weighted by Crippen LogP contribution is -1.84. The smallest absolute Gasteiger partial charge is 0.0406 e. The van der Waals surface area contributed by atoms with Crippen molar-refractivity contribution in [3.63, 3.8) is 0 Å². The van der Waals surface area contributed by atoms with Crippen LogP contribution in [-0.2, 0) is 0 Å². The number of fused-ring (bicyclic) bond motifs is 1. The molecular formula is C16H12ClN. The Morgan fingerprint density at radius 1 is 0.667 bits per heavy atom. The Labute approximate surface area is 111 Å². The lowest BCUT2D eigenvalue weighted by Gasteiger charge is -2.05. The monoisotopic (exact) mass is 253 g/mol. The first-order valence-corrected chi connectivity index (χ1v) is 6.15. The fourth-order valence-electron chi connectivity index (χ4n) is 2.09. The summed E-state index contributed by atoms with van der Waals surface area (Å²) in [7, 11) is 0. The zero-order valence-electron chi connectivity index (χ0n) is 9.73.